The Morgan fingerprint density at radius 1 is 0.837 bits per heavy atom. The standard InChI is InChI=1S/C31H37N7O5/c1-18(2)27(31(42)43)38-30(41)25(13-20-15-34-24-11-7-6-10-22(20)24)37-29(40)26(14-21-16-33-17-35-21)36-28(39)23(32)12-19-8-4-3-5-9-19/h3-11,15-18,23,25-27,34H,12-14,32H2,1-2H3,(H,33,35)(H,36,39)(H,37,40)(H,38,41)(H,42,43). The van der Waals surface area contributed by atoms with Crippen molar-refractivity contribution in [3.05, 3.63) is 90.1 Å². The smallest absolute Gasteiger partial charge is 0.326 e. The summed E-state index contributed by atoms with van der Waals surface area (Å²) in [6.07, 6.45) is 5.14. The molecule has 43 heavy (non-hydrogen) atoms. The Balaban J connectivity index is 1.57. The summed E-state index contributed by atoms with van der Waals surface area (Å²) in [5.74, 6) is -3.41. The molecule has 0 bridgehead atoms. The minimum absolute atomic E-state index is 0.0563. The number of amides is 3. The lowest BCUT2D eigenvalue weighted by Gasteiger charge is -2.26. The molecule has 12 nitrogen and oxygen atoms in total. The molecule has 0 aliphatic heterocycles. The molecule has 0 aliphatic rings. The monoisotopic (exact) mass is 587 g/mol. The number of rotatable bonds is 14. The SMILES string of the molecule is CC(C)C(NC(=O)C(Cc1c[nH]c2ccccc12)NC(=O)C(Cc1cnc[nH]1)NC(=O)C(N)Cc1ccccc1)C(=O)O. The van der Waals surface area contributed by atoms with Crippen molar-refractivity contribution in [2.45, 2.75) is 57.3 Å². The van der Waals surface area contributed by atoms with E-state index < -0.39 is 53.8 Å². The van der Waals surface area contributed by atoms with Gasteiger partial charge in [0.05, 0.1) is 12.4 Å². The number of hydrogen-bond donors (Lipinski definition) is 7. The zero-order valence-corrected chi connectivity index (χ0v) is 24.0. The van der Waals surface area contributed by atoms with Crippen molar-refractivity contribution in [3.8, 4) is 0 Å². The van der Waals surface area contributed by atoms with Gasteiger partial charge in [-0.15, -0.1) is 0 Å². The Morgan fingerprint density at radius 3 is 2.16 bits per heavy atom. The number of carboxylic acid groups (broad SMARTS) is 1. The van der Waals surface area contributed by atoms with Crippen molar-refractivity contribution in [2.24, 2.45) is 11.7 Å². The lowest BCUT2D eigenvalue weighted by atomic mass is 10.0. The molecule has 4 aromatic rings. The molecule has 0 fully saturated rings. The minimum Gasteiger partial charge on any atom is -0.480 e. The fourth-order valence-electron chi connectivity index (χ4n) is 4.83. The molecule has 0 spiro atoms. The summed E-state index contributed by atoms with van der Waals surface area (Å²) in [5, 5.41) is 18.6. The molecule has 0 radical (unpaired) electrons. The minimum atomic E-state index is -1.18. The topological polar surface area (TPSA) is 195 Å². The number of fused-ring (bicyclic) bond motifs is 1. The first kappa shape index (κ1) is 31.0. The van der Waals surface area contributed by atoms with Gasteiger partial charge in [0.2, 0.25) is 17.7 Å². The summed E-state index contributed by atoms with van der Waals surface area (Å²) in [6, 6.07) is 12.5. The fourth-order valence-corrected chi connectivity index (χ4v) is 4.83. The van der Waals surface area contributed by atoms with Gasteiger partial charge in [-0.05, 0) is 29.5 Å². The lowest BCUT2D eigenvalue weighted by molar-refractivity contribution is -0.143. The Bertz CT molecular complexity index is 1530. The third kappa shape index (κ3) is 8.29. The second-order valence-corrected chi connectivity index (χ2v) is 10.8. The second-order valence-electron chi connectivity index (χ2n) is 10.8. The molecule has 0 saturated carbocycles. The van der Waals surface area contributed by atoms with E-state index in [9.17, 15) is 24.3 Å². The molecular formula is C31H37N7O5. The second kappa shape index (κ2) is 14.3. The summed E-state index contributed by atoms with van der Waals surface area (Å²) in [4.78, 5) is 62.3. The molecule has 12 heteroatoms. The summed E-state index contributed by atoms with van der Waals surface area (Å²) in [5.41, 5.74) is 9.25. The molecule has 3 amide bonds. The number of benzene rings is 2. The molecule has 0 saturated heterocycles. The van der Waals surface area contributed by atoms with Gasteiger partial charge in [-0.3, -0.25) is 14.4 Å². The van der Waals surface area contributed by atoms with Crippen molar-refractivity contribution in [1.29, 1.82) is 0 Å². The summed E-state index contributed by atoms with van der Waals surface area (Å²) in [6.45, 7) is 3.36. The molecule has 226 valence electrons. The highest BCUT2D eigenvalue weighted by molar-refractivity contribution is 5.95. The summed E-state index contributed by atoms with van der Waals surface area (Å²) in [7, 11) is 0. The summed E-state index contributed by atoms with van der Waals surface area (Å²) < 4.78 is 0. The van der Waals surface area contributed by atoms with Gasteiger partial charge in [0.15, 0.2) is 0 Å². The van der Waals surface area contributed by atoms with E-state index in [4.69, 9.17) is 5.73 Å². The number of para-hydroxylation sites is 1. The van der Waals surface area contributed by atoms with Gasteiger partial charge in [-0.25, -0.2) is 9.78 Å². The van der Waals surface area contributed by atoms with E-state index >= 15 is 0 Å². The van der Waals surface area contributed by atoms with Crippen molar-refractivity contribution in [1.82, 2.24) is 30.9 Å². The molecule has 8 N–H and O–H groups in total. The van der Waals surface area contributed by atoms with Crippen LogP contribution < -0.4 is 21.7 Å². The van der Waals surface area contributed by atoms with Crippen LogP contribution in [0.1, 0.15) is 30.7 Å². The highest BCUT2D eigenvalue weighted by Crippen LogP contribution is 2.19. The average molecular weight is 588 g/mol. The third-order valence-corrected chi connectivity index (χ3v) is 7.21. The van der Waals surface area contributed by atoms with Gasteiger partial charge in [0, 0.05) is 41.8 Å². The van der Waals surface area contributed by atoms with Gasteiger partial charge in [0.1, 0.15) is 18.1 Å². The molecule has 4 atom stereocenters. The lowest BCUT2D eigenvalue weighted by Crippen LogP contribution is -2.58. The van der Waals surface area contributed by atoms with Crippen LogP contribution in [0.2, 0.25) is 0 Å². The van der Waals surface area contributed by atoms with Gasteiger partial charge in [-0.2, -0.15) is 0 Å². The molecule has 2 aromatic heterocycles. The first-order valence-corrected chi connectivity index (χ1v) is 14.1. The number of hydrogen-bond acceptors (Lipinski definition) is 6. The van der Waals surface area contributed by atoms with E-state index in [1.165, 1.54) is 12.5 Å². The van der Waals surface area contributed by atoms with Crippen molar-refractivity contribution in [2.75, 3.05) is 0 Å². The first-order valence-electron chi connectivity index (χ1n) is 14.1. The van der Waals surface area contributed by atoms with Crippen LogP contribution in [0.4, 0.5) is 0 Å². The van der Waals surface area contributed by atoms with E-state index in [0.717, 1.165) is 22.0 Å². The van der Waals surface area contributed by atoms with Gasteiger partial charge < -0.3 is 36.8 Å². The maximum atomic E-state index is 13.7. The number of carboxylic acids is 1. The van der Waals surface area contributed by atoms with Crippen LogP contribution in [0.25, 0.3) is 10.9 Å². The normalized spacial score (nSPS) is 14.0. The Labute approximate surface area is 248 Å². The van der Waals surface area contributed by atoms with Crippen LogP contribution in [0.3, 0.4) is 0 Å². The van der Waals surface area contributed by atoms with Crippen LogP contribution in [0, 0.1) is 5.92 Å². The van der Waals surface area contributed by atoms with E-state index in [1.54, 1.807) is 20.0 Å². The zero-order chi connectivity index (χ0) is 30.9. The largest absolute Gasteiger partial charge is 0.480 e. The number of aliphatic carboxylic acids is 1. The number of nitrogens with zero attached hydrogens (tertiary/aromatic N) is 1. The summed E-state index contributed by atoms with van der Waals surface area (Å²) >= 11 is 0. The average Bonchev–Trinajstić information content (AvgIpc) is 3.65. The van der Waals surface area contributed by atoms with Crippen LogP contribution in [0.5, 0.6) is 0 Å². The van der Waals surface area contributed by atoms with Crippen LogP contribution >= 0.6 is 0 Å². The van der Waals surface area contributed by atoms with Crippen LogP contribution in [-0.4, -0.2) is 67.9 Å². The Morgan fingerprint density at radius 2 is 1.49 bits per heavy atom. The van der Waals surface area contributed by atoms with Crippen LogP contribution in [0.15, 0.2) is 73.3 Å². The molecule has 0 aliphatic carbocycles. The van der Waals surface area contributed by atoms with E-state index in [1.807, 2.05) is 54.6 Å². The Kier molecular flexibility index (Phi) is 10.3. The van der Waals surface area contributed by atoms with E-state index in [-0.39, 0.29) is 19.3 Å². The Hall–Kier alpha value is -4.97. The third-order valence-electron chi connectivity index (χ3n) is 7.21. The molecule has 2 aromatic carbocycles. The fraction of sp³-hybridized carbons (Fsp3) is 0.323. The number of imidazole rings is 1. The predicted octanol–water partition coefficient (Wildman–Crippen LogP) is 1.44. The van der Waals surface area contributed by atoms with E-state index in [0.29, 0.717) is 5.69 Å². The van der Waals surface area contributed by atoms with Gasteiger partial charge in [-0.1, -0.05) is 62.4 Å². The maximum absolute atomic E-state index is 13.7. The predicted molar refractivity (Wildman–Crippen MR) is 161 cm³/mol. The van der Waals surface area contributed by atoms with Crippen molar-refractivity contribution < 1.29 is 24.3 Å². The van der Waals surface area contributed by atoms with Crippen LogP contribution in [-0.2, 0) is 38.4 Å². The highest BCUT2D eigenvalue weighted by atomic mass is 16.4. The van der Waals surface area contributed by atoms with E-state index in [2.05, 4.69) is 30.9 Å². The van der Waals surface area contributed by atoms with Crippen molar-refractivity contribution in [3.63, 3.8) is 0 Å². The van der Waals surface area contributed by atoms with Crippen molar-refractivity contribution >= 4 is 34.6 Å². The number of aromatic nitrogens is 3. The number of carbonyl (C=O) groups excluding carboxylic acids is 3. The molecular weight excluding hydrogens is 550 g/mol. The van der Waals surface area contributed by atoms with Gasteiger partial charge >= 0.3 is 5.97 Å². The quantitative estimate of drug-likeness (QED) is 0.116. The number of nitrogens with two attached hydrogens (primary N) is 1. The number of H-pyrrole nitrogens is 2. The molecule has 4 rings (SSSR count). The molecule has 4 unspecified atom stereocenters. The maximum Gasteiger partial charge on any atom is 0.326 e. The van der Waals surface area contributed by atoms with Gasteiger partial charge in [0.25, 0.3) is 0 Å². The zero-order valence-electron chi connectivity index (χ0n) is 24.0. The molecule has 2 heterocycles. The number of carbonyl (C=O) groups is 4. The number of aromatic amines is 2. The highest BCUT2D eigenvalue weighted by Gasteiger charge is 2.32. The first-order chi connectivity index (χ1) is 20.6. The number of nitrogens with one attached hydrogen (secondary N) is 5.